The molecule has 3 heteroatoms. The van der Waals surface area contributed by atoms with Gasteiger partial charge < -0.3 is 11.1 Å². The summed E-state index contributed by atoms with van der Waals surface area (Å²) in [7, 11) is 1.30. The van der Waals surface area contributed by atoms with Crippen molar-refractivity contribution in [3.8, 4) is 0 Å². The fraction of sp³-hybridized carbons (Fsp3) is 1.00. The molecule has 0 radical (unpaired) electrons. The number of hydrogen-bond acceptors (Lipinski definition) is 2. The molecule has 2 nitrogen and oxygen atoms in total. The van der Waals surface area contributed by atoms with Crippen molar-refractivity contribution in [1.82, 2.24) is 5.32 Å². The van der Waals surface area contributed by atoms with Gasteiger partial charge in [-0.1, -0.05) is 13.0 Å². The first-order valence-electron chi connectivity index (χ1n) is 3.74. The van der Waals surface area contributed by atoms with Crippen molar-refractivity contribution in [2.24, 2.45) is 5.73 Å². The lowest BCUT2D eigenvalue weighted by Gasteiger charge is -2.09. The van der Waals surface area contributed by atoms with Crippen LogP contribution in [0.5, 0.6) is 0 Å². The summed E-state index contributed by atoms with van der Waals surface area (Å²) in [6.45, 7) is 4.12. The molecule has 0 fully saturated rings. The van der Waals surface area contributed by atoms with E-state index < -0.39 is 0 Å². The van der Waals surface area contributed by atoms with Gasteiger partial charge in [0.15, 0.2) is 0 Å². The molecule has 0 aromatic heterocycles. The average molecular weight is 146 g/mol. The molecule has 0 bridgehead atoms. The van der Waals surface area contributed by atoms with Crippen LogP contribution in [0.25, 0.3) is 0 Å². The molecule has 1 unspecified atom stereocenters. The van der Waals surface area contributed by atoms with Gasteiger partial charge in [-0.3, -0.25) is 0 Å². The highest BCUT2D eigenvalue weighted by molar-refractivity contribution is 6.08. The fourth-order valence-corrected chi connectivity index (χ4v) is 0.884. The predicted molar refractivity (Wildman–Crippen MR) is 45.9 cm³/mol. The van der Waals surface area contributed by atoms with Crippen LogP contribution in [-0.2, 0) is 0 Å². The van der Waals surface area contributed by atoms with Gasteiger partial charge in [-0.25, -0.2) is 0 Å². The first kappa shape index (κ1) is 9.14. The van der Waals surface area contributed by atoms with E-state index in [-0.39, 0.29) is 0 Å². The van der Waals surface area contributed by atoms with Crippen molar-refractivity contribution in [2.45, 2.75) is 25.4 Å². The molecule has 0 aromatic carbocycles. The zero-order valence-electron chi connectivity index (χ0n) is 6.48. The zero-order chi connectivity index (χ0) is 7.11. The molecule has 0 saturated heterocycles. The lowest BCUT2D eigenvalue weighted by Crippen LogP contribution is -2.27. The molecule has 0 rings (SSSR count). The van der Waals surface area contributed by atoms with Crippen LogP contribution < -0.4 is 11.1 Å². The Balaban J connectivity index is 2.88. The number of nitrogens with two attached hydrogens (primary N) is 1. The Morgan fingerprint density at radius 1 is 1.67 bits per heavy atom. The van der Waals surface area contributed by atoms with Gasteiger partial charge in [0.05, 0.1) is 0 Å². The second-order valence-electron chi connectivity index (χ2n) is 2.41. The molecule has 0 saturated carbocycles. The van der Waals surface area contributed by atoms with E-state index in [1.807, 2.05) is 0 Å². The Hall–Kier alpha value is 0.137. The highest BCUT2D eigenvalue weighted by atomic mass is 28.1. The lowest BCUT2D eigenvalue weighted by atomic mass is 10.3. The first-order valence-corrected chi connectivity index (χ1v) is 5.16. The third kappa shape index (κ3) is 6.02. The standard InChI is InChI=1S/C6H18N2Si/c1-6(5-9)8-4-2-3-7/h6,8H,2-5,7H2,1,9H3. The third-order valence-electron chi connectivity index (χ3n) is 1.49. The van der Waals surface area contributed by atoms with Gasteiger partial charge in [0.1, 0.15) is 0 Å². The van der Waals surface area contributed by atoms with Crippen LogP contribution in [0.2, 0.25) is 6.04 Å². The molecule has 3 N–H and O–H groups in total. The summed E-state index contributed by atoms with van der Waals surface area (Å²) in [5.41, 5.74) is 5.32. The molecule has 0 aliphatic heterocycles. The molecule has 56 valence electrons. The normalized spacial score (nSPS) is 14.0. The molecular weight excluding hydrogens is 128 g/mol. The molecule has 0 aliphatic rings. The van der Waals surface area contributed by atoms with Gasteiger partial charge in [-0.2, -0.15) is 0 Å². The van der Waals surface area contributed by atoms with Crippen LogP contribution >= 0.6 is 0 Å². The highest BCUT2D eigenvalue weighted by Gasteiger charge is 1.93. The molecule has 0 heterocycles. The largest absolute Gasteiger partial charge is 0.330 e. The minimum Gasteiger partial charge on any atom is -0.330 e. The summed E-state index contributed by atoms with van der Waals surface area (Å²) in [6.07, 6.45) is 1.10. The van der Waals surface area contributed by atoms with E-state index in [9.17, 15) is 0 Å². The van der Waals surface area contributed by atoms with Crippen molar-refractivity contribution in [2.75, 3.05) is 13.1 Å². The van der Waals surface area contributed by atoms with E-state index in [2.05, 4.69) is 12.2 Å². The summed E-state index contributed by atoms with van der Waals surface area (Å²) in [5, 5.41) is 3.39. The van der Waals surface area contributed by atoms with Crippen LogP contribution in [-0.4, -0.2) is 29.4 Å². The Kier molecular flexibility index (Phi) is 6.35. The highest BCUT2D eigenvalue weighted by Crippen LogP contribution is 1.84. The molecule has 0 amide bonds. The second-order valence-corrected chi connectivity index (χ2v) is 3.22. The third-order valence-corrected chi connectivity index (χ3v) is 2.71. The lowest BCUT2D eigenvalue weighted by molar-refractivity contribution is 0.574. The van der Waals surface area contributed by atoms with Crippen molar-refractivity contribution in [3.63, 3.8) is 0 Å². The van der Waals surface area contributed by atoms with E-state index in [0.29, 0.717) is 6.04 Å². The molecule has 0 spiro atoms. The number of hydrogen-bond donors (Lipinski definition) is 2. The second kappa shape index (κ2) is 6.26. The van der Waals surface area contributed by atoms with Crippen LogP contribution in [0.4, 0.5) is 0 Å². The maximum atomic E-state index is 5.32. The summed E-state index contributed by atoms with van der Waals surface area (Å²) in [6, 6.07) is 2.05. The van der Waals surface area contributed by atoms with Gasteiger partial charge in [0.25, 0.3) is 0 Å². The van der Waals surface area contributed by atoms with E-state index in [1.54, 1.807) is 0 Å². The summed E-state index contributed by atoms with van der Waals surface area (Å²) in [4.78, 5) is 0. The van der Waals surface area contributed by atoms with Gasteiger partial charge in [0.2, 0.25) is 0 Å². The van der Waals surface area contributed by atoms with E-state index in [0.717, 1.165) is 19.5 Å². The van der Waals surface area contributed by atoms with Gasteiger partial charge in [-0.15, -0.1) is 0 Å². The summed E-state index contributed by atoms with van der Waals surface area (Å²) >= 11 is 0. The SMILES string of the molecule is CC(C[SiH3])NCCCN. The maximum Gasteiger partial charge on any atom is 0.00475 e. The van der Waals surface area contributed by atoms with Gasteiger partial charge in [-0.05, 0) is 19.5 Å². The summed E-state index contributed by atoms with van der Waals surface area (Å²) < 4.78 is 0. The van der Waals surface area contributed by atoms with Gasteiger partial charge >= 0.3 is 0 Å². The summed E-state index contributed by atoms with van der Waals surface area (Å²) in [5.74, 6) is 0. The van der Waals surface area contributed by atoms with Crippen LogP contribution in [0, 0.1) is 0 Å². The van der Waals surface area contributed by atoms with Crippen molar-refractivity contribution in [3.05, 3.63) is 0 Å². The molecule has 0 aromatic rings. The van der Waals surface area contributed by atoms with Crippen molar-refractivity contribution in [1.29, 1.82) is 0 Å². The molecule has 9 heavy (non-hydrogen) atoms. The Morgan fingerprint density at radius 2 is 2.33 bits per heavy atom. The zero-order valence-corrected chi connectivity index (χ0v) is 8.48. The van der Waals surface area contributed by atoms with Crippen LogP contribution in [0.15, 0.2) is 0 Å². The van der Waals surface area contributed by atoms with E-state index in [4.69, 9.17) is 5.73 Å². The van der Waals surface area contributed by atoms with Crippen molar-refractivity contribution < 1.29 is 0 Å². The Morgan fingerprint density at radius 3 is 2.78 bits per heavy atom. The smallest absolute Gasteiger partial charge is 0.00475 e. The maximum absolute atomic E-state index is 5.32. The van der Waals surface area contributed by atoms with E-state index in [1.165, 1.54) is 16.3 Å². The first-order chi connectivity index (χ1) is 4.31. The van der Waals surface area contributed by atoms with Crippen LogP contribution in [0.1, 0.15) is 13.3 Å². The Bertz CT molecular complexity index is 59.0. The van der Waals surface area contributed by atoms with Crippen molar-refractivity contribution >= 4 is 10.2 Å². The molecule has 0 aliphatic carbocycles. The predicted octanol–water partition coefficient (Wildman–Crippen LogP) is -0.903. The monoisotopic (exact) mass is 146 g/mol. The number of rotatable bonds is 5. The molecule has 1 atom stereocenters. The fourth-order valence-electron chi connectivity index (χ4n) is 0.595. The molecular formula is C6H18N2Si. The minimum atomic E-state index is 0.711. The quantitative estimate of drug-likeness (QED) is 0.389. The number of nitrogens with one attached hydrogen (secondary N) is 1. The van der Waals surface area contributed by atoms with Crippen LogP contribution in [0.3, 0.4) is 0 Å². The van der Waals surface area contributed by atoms with E-state index >= 15 is 0 Å². The Labute approximate surface area is 60.6 Å². The van der Waals surface area contributed by atoms with Gasteiger partial charge in [0, 0.05) is 16.3 Å². The average Bonchev–Trinajstić information content (AvgIpc) is 1.89. The minimum absolute atomic E-state index is 0.711. The topological polar surface area (TPSA) is 38.0 Å².